The van der Waals surface area contributed by atoms with Gasteiger partial charge in [0.2, 0.25) is 5.71 Å². The van der Waals surface area contributed by atoms with Gasteiger partial charge in [0.05, 0.1) is 16.8 Å². The van der Waals surface area contributed by atoms with Crippen molar-refractivity contribution < 1.29 is 4.42 Å². The molecule has 2 aromatic carbocycles. The molecule has 0 saturated heterocycles. The van der Waals surface area contributed by atoms with E-state index in [1.165, 1.54) is 0 Å². The molecule has 0 aliphatic heterocycles. The summed E-state index contributed by atoms with van der Waals surface area (Å²) in [7, 11) is 1.81. The van der Waals surface area contributed by atoms with Gasteiger partial charge in [-0.25, -0.2) is 4.98 Å². The number of fused-ring (bicyclic) bond motifs is 1. The van der Waals surface area contributed by atoms with Gasteiger partial charge in [-0.05, 0) is 29.4 Å². The number of H-pyrrole nitrogens is 1. The fraction of sp³-hybridized carbons (Fsp3) is 0.0455. The predicted octanol–water partition coefficient (Wildman–Crippen LogP) is 5.20. The van der Waals surface area contributed by atoms with E-state index in [0.717, 1.165) is 27.8 Å². The number of nitrogens with zero attached hydrogens (tertiary/aromatic N) is 3. The monoisotopic (exact) mass is 399 g/mol. The number of anilines is 1. The molecule has 0 radical (unpaired) electrons. The van der Waals surface area contributed by atoms with E-state index in [1.54, 1.807) is 4.57 Å². The quantitative estimate of drug-likeness (QED) is 0.407. The molecule has 5 rings (SSSR count). The lowest BCUT2D eigenvalue weighted by Crippen LogP contribution is -1.95. The SMILES string of the molecule is Cn1c(-c2oc3nc(-c4ccccc4)cc(-c4ccccc4)c3c2N)n[nH]c1=S. The molecule has 0 bridgehead atoms. The summed E-state index contributed by atoms with van der Waals surface area (Å²) in [5, 5.41) is 7.80. The highest BCUT2D eigenvalue weighted by Gasteiger charge is 2.22. The second-order valence-corrected chi connectivity index (χ2v) is 7.11. The summed E-state index contributed by atoms with van der Waals surface area (Å²) < 4.78 is 8.33. The van der Waals surface area contributed by atoms with Crippen LogP contribution in [0.4, 0.5) is 5.69 Å². The van der Waals surface area contributed by atoms with E-state index >= 15 is 0 Å². The number of aromatic nitrogens is 4. The average molecular weight is 399 g/mol. The van der Waals surface area contributed by atoms with Gasteiger partial charge in [0.1, 0.15) is 0 Å². The summed E-state index contributed by atoms with van der Waals surface area (Å²) in [4.78, 5) is 4.76. The first kappa shape index (κ1) is 17.4. The number of hydrogen-bond acceptors (Lipinski definition) is 5. The highest BCUT2D eigenvalue weighted by atomic mass is 32.1. The minimum absolute atomic E-state index is 0.449. The maximum absolute atomic E-state index is 6.54. The molecule has 0 aliphatic carbocycles. The van der Waals surface area contributed by atoms with Gasteiger partial charge in [0, 0.05) is 12.6 Å². The molecular formula is C22H17N5OS. The number of nitrogen functional groups attached to an aromatic ring is 1. The fourth-order valence-corrected chi connectivity index (χ4v) is 3.57. The number of aromatic amines is 1. The minimum atomic E-state index is 0.449. The smallest absolute Gasteiger partial charge is 0.230 e. The summed E-state index contributed by atoms with van der Waals surface area (Å²) in [5.41, 5.74) is 11.3. The van der Waals surface area contributed by atoms with E-state index in [0.29, 0.717) is 27.8 Å². The normalized spacial score (nSPS) is 11.2. The third-order valence-electron chi connectivity index (χ3n) is 4.94. The van der Waals surface area contributed by atoms with Crippen LogP contribution in [-0.4, -0.2) is 19.7 Å². The Bertz CT molecular complexity index is 1380. The van der Waals surface area contributed by atoms with Crippen molar-refractivity contribution in [1.29, 1.82) is 0 Å². The number of benzene rings is 2. The van der Waals surface area contributed by atoms with Gasteiger partial charge >= 0.3 is 0 Å². The maximum atomic E-state index is 6.54. The Hall–Kier alpha value is -3.71. The molecule has 3 N–H and O–H groups in total. The Balaban J connectivity index is 1.84. The van der Waals surface area contributed by atoms with E-state index in [1.807, 2.05) is 73.8 Å². The number of rotatable bonds is 3. The number of furan rings is 1. The predicted molar refractivity (Wildman–Crippen MR) is 117 cm³/mol. The zero-order valence-electron chi connectivity index (χ0n) is 15.6. The van der Waals surface area contributed by atoms with Crippen molar-refractivity contribution in [3.8, 4) is 34.0 Å². The molecule has 6 nitrogen and oxygen atoms in total. The van der Waals surface area contributed by atoms with Crippen LogP contribution in [-0.2, 0) is 7.05 Å². The highest BCUT2D eigenvalue weighted by molar-refractivity contribution is 7.71. The molecule has 0 spiro atoms. The van der Waals surface area contributed by atoms with Crippen molar-refractivity contribution in [3.05, 3.63) is 71.5 Å². The van der Waals surface area contributed by atoms with Crippen LogP contribution in [0.5, 0.6) is 0 Å². The number of hydrogen-bond donors (Lipinski definition) is 2. The Kier molecular flexibility index (Phi) is 4.03. The van der Waals surface area contributed by atoms with Crippen LogP contribution in [0, 0.1) is 4.77 Å². The lowest BCUT2D eigenvalue weighted by molar-refractivity contribution is 0.609. The molecule has 142 valence electrons. The summed E-state index contributed by atoms with van der Waals surface area (Å²) >= 11 is 5.23. The Morgan fingerprint density at radius 2 is 1.66 bits per heavy atom. The Morgan fingerprint density at radius 3 is 2.28 bits per heavy atom. The number of pyridine rings is 1. The van der Waals surface area contributed by atoms with Crippen molar-refractivity contribution in [2.24, 2.45) is 7.05 Å². The topological polar surface area (TPSA) is 85.7 Å². The lowest BCUT2D eigenvalue weighted by atomic mass is 9.99. The summed E-state index contributed by atoms with van der Waals surface area (Å²) in [6, 6.07) is 22.1. The third-order valence-corrected chi connectivity index (χ3v) is 5.30. The average Bonchev–Trinajstić information content (AvgIpc) is 3.27. The van der Waals surface area contributed by atoms with Gasteiger partial charge in [-0.15, -0.1) is 0 Å². The molecule has 0 unspecified atom stereocenters. The molecule has 29 heavy (non-hydrogen) atoms. The first-order valence-electron chi connectivity index (χ1n) is 9.09. The number of nitrogens with one attached hydrogen (secondary N) is 1. The Labute approximate surface area is 171 Å². The van der Waals surface area contributed by atoms with Gasteiger partial charge in [-0.2, -0.15) is 5.10 Å². The summed E-state index contributed by atoms with van der Waals surface area (Å²) in [5.74, 6) is 0.982. The van der Waals surface area contributed by atoms with Crippen LogP contribution in [0.1, 0.15) is 0 Å². The second kappa shape index (κ2) is 6.72. The van der Waals surface area contributed by atoms with Crippen molar-refractivity contribution in [3.63, 3.8) is 0 Å². The van der Waals surface area contributed by atoms with Crippen molar-refractivity contribution >= 4 is 29.0 Å². The zero-order chi connectivity index (χ0) is 20.0. The van der Waals surface area contributed by atoms with Crippen molar-refractivity contribution in [2.45, 2.75) is 0 Å². The van der Waals surface area contributed by atoms with Crippen LogP contribution >= 0.6 is 12.2 Å². The molecule has 0 fully saturated rings. The van der Waals surface area contributed by atoms with Gasteiger partial charge in [0.25, 0.3) is 0 Å². The van der Waals surface area contributed by atoms with Crippen LogP contribution in [0.2, 0.25) is 0 Å². The molecule has 0 amide bonds. The largest absolute Gasteiger partial charge is 0.432 e. The van der Waals surface area contributed by atoms with Crippen LogP contribution < -0.4 is 5.73 Å². The minimum Gasteiger partial charge on any atom is -0.432 e. The first-order valence-corrected chi connectivity index (χ1v) is 9.50. The van der Waals surface area contributed by atoms with Gasteiger partial charge in [-0.1, -0.05) is 60.7 Å². The van der Waals surface area contributed by atoms with Crippen LogP contribution in [0.15, 0.2) is 71.1 Å². The number of nitrogens with two attached hydrogens (primary N) is 1. The van der Waals surface area contributed by atoms with E-state index in [2.05, 4.69) is 10.2 Å². The van der Waals surface area contributed by atoms with Crippen LogP contribution in [0.25, 0.3) is 45.1 Å². The second-order valence-electron chi connectivity index (χ2n) is 6.72. The molecule has 5 aromatic rings. The summed E-state index contributed by atoms with van der Waals surface area (Å²) in [6.07, 6.45) is 0. The molecule has 7 heteroatoms. The first-order chi connectivity index (χ1) is 14.1. The maximum Gasteiger partial charge on any atom is 0.230 e. The van der Waals surface area contributed by atoms with Gasteiger partial charge < -0.3 is 14.7 Å². The van der Waals surface area contributed by atoms with E-state index in [4.69, 9.17) is 27.4 Å². The molecule has 0 aliphatic rings. The van der Waals surface area contributed by atoms with Crippen LogP contribution in [0.3, 0.4) is 0 Å². The molecule has 3 aromatic heterocycles. The van der Waals surface area contributed by atoms with Crippen molar-refractivity contribution in [1.82, 2.24) is 19.7 Å². The van der Waals surface area contributed by atoms with Gasteiger partial charge in [-0.3, -0.25) is 5.10 Å². The standard InChI is InChI=1S/C22H17N5OS/c1-27-20(25-26-22(27)29)19-18(23)17-15(13-8-4-2-5-9-13)12-16(24-21(17)28-19)14-10-6-3-7-11-14/h2-12H,23H2,1H3,(H,26,29). The third kappa shape index (κ3) is 2.83. The fourth-order valence-electron chi connectivity index (χ4n) is 3.44. The van der Waals surface area contributed by atoms with E-state index in [9.17, 15) is 0 Å². The summed E-state index contributed by atoms with van der Waals surface area (Å²) in [6.45, 7) is 0. The molecule has 0 saturated carbocycles. The highest BCUT2D eigenvalue weighted by Crippen LogP contribution is 2.41. The van der Waals surface area contributed by atoms with E-state index in [-0.39, 0.29) is 0 Å². The van der Waals surface area contributed by atoms with Crippen molar-refractivity contribution in [2.75, 3.05) is 5.73 Å². The zero-order valence-corrected chi connectivity index (χ0v) is 16.4. The van der Waals surface area contributed by atoms with E-state index < -0.39 is 0 Å². The lowest BCUT2D eigenvalue weighted by Gasteiger charge is -2.07. The molecule has 3 heterocycles. The Morgan fingerprint density at radius 1 is 1.00 bits per heavy atom. The van der Waals surface area contributed by atoms with Gasteiger partial charge in [0.15, 0.2) is 16.4 Å². The molecule has 0 atom stereocenters. The molecular weight excluding hydrogens is 382 g/mol.